The summed E-state index contributed by atoms with van der Waals surface area (Å²) >= 11 is 1.52. The summed E-state index contributed by atoms with van der Waals surface area (Å²) in [6.45, 7) is 0. The van der Waals surface area contributed by atoms with Gasteiger partial charge >= 0.3 is 0 Å². The zero-order chi connectivity index (χ0) is 14.3. The third-order valence-corrected chi connectivity index (χ3v) is 3.94. The number of halogens is 2. The number of nitrogens with zero attached hydrogens (tertiary/aromatic N) is 2. The SMILES string of the molecule is Cn1nc(-c2ccc(F)c(F)c2)c(-c2cccs2)c1N. The highest BCUT2D eigenvalue weighted by Crippen LogP contribution is 2.38. The molecule has 2 N–H and O–H groups in total. The van der Waals surface area contributed by atoms with Gasteiger partial charge in [-0.15, -0.1) is 11.3 Å². The zero-order valence-corrected chi connectivity index (χ0v) is 11.4. The van der Waals surface area contributed by atoms with E-state index in [1.54, 1.807) is 7.05 Å². The number of aromatic nitrogens is 2. The highest BCUT2D eigenvalue weighted by Gasteiger charge is 2.19. The number of aryl methyl sites for hydroxylation is 1. The van der Waals surface area contributed by atoms with E-state index in [0.29, 0.717) is 17.1 Å². The molecular formula is C14H11F2N3S. The number of nitrogen functional groups attached to an aromatic ring is 1. The average Bonchev–Trinajstić information content (AvgIpc) is 3.03. The fourth-order valence-electron chi connectivity index (χ4n) is 2.05. The van der Waals surface area contributed by atoms with Crippen molar-refractivity contribution in [1.29, 1.82) is 0 Å². The van der Waals surface area contributed by atoms with Crippen molar-refractivity contribution in [2.75, 3.05) is 5.73 Å². The van der Waals surface area contributed by atoms with Crippen LogP contribution >= 0.6 is 11.3 Å². The molecular weight excluding hydrogens is 280 g/mol. The molecule has 0 radical (unpaired) electrons. The lowest BCUT2D eigenvalue weighted by atomic mass is 10.1. The maximum absolute atomic E-state index is 13.4. The van der Waals surface area contributed by atoms with E-state index in [1.807, 2.05) is 17.5 Å². The van der Waals surface area contributed by atoms with E-state index in [0.717, 1.165) is 22.6 Å². The first-order chi connectivity index (χ1) is 9.58. The lowest BCUT2D eigenvalue weighted by Crippen LogP contribution is -1.97. The van der Waals surface area contributed by atoms with Gasteiger partial charge in [0.15, 0.2) is 11.6 Å². The van der Waals surface area contributed by atoms with Crippen molar-refractivity contribution >= 4 is 17.2 Å². The molecule has 2 aromatic heterocycles. The molecule has 3 aromatic rings. The summed E-state index contributed by atoms with van der Waals surface area (Å²) in [6, 6.07) is 7.54. The molecule has 3 rings (SSSR count). The van der Waals surface area contributed by atoms with Crippen LogP contribution in [0.3, 0.4) is 0 Å². The van der Waals surface area contributed by atoms with E-state index < -0.39 is 11.6 Å². The van der Waals surface area contributed by atoms with Crippen LogP contribution in [0, 0.1) is 11.6 Å². The first-order valence-corrected chi connectivity index (χ1v) is 6.77. The molecule has 0 atom stereocenters. The van der Waals surface area contributed by atoms with Crippen LogP contribution in [0.5, 0.6) is 0 Å². The van der Waals surface area contributed by atoms with Crippen LogP contribution in [0.4, 0.5) is 14.6 Å². The Balaban J connectivity index is 2.24. The van der Waals surface area contributed by atoms with E-state index in [-0.39, 0.29) is 0 Å². The highest BCUT2D eigenvalue weighted by molar-refractivity contribution is 7.13. The molecule has 2 heterocycles. The molecule has 0 unspecified atom stereocenters. The van der Waals surface area contributed by atoms with Crippen LogP contribution in [0.15, 0.2) is 35.7 Å². The Hall–Kier alpha value is -2.21. The van der Waals surface area contributed by atoms with E-state index >= 15 is 0 Å². The van der Waals surface area contributed by atoms with Crippen molar-refractivity contribution in [2.45, 2.75) is 0 Å². The second kappa shape index (κ2) is 4.72. The molecule has 0 saturated heterocycles. The monoisotopic (exact) mass is 291 g/mol. The number of thiophene rings is 1. The first kappa shape index (κ1) is 12.8. The standard InChI is InChI=1S/C14H11F2N3S/c1-19-14(17)12(11-3-2-6-20-11)13(18-19)8-4-5-9(15)10(16)7-8/h2-7H,17H2,1H3. The topological polar surface area (TPSA) is 43.8 Å². The van der Waals surface area contributed by atoms with E-state index in [4.69, 9.17) is 5.73 Å². The lowest BCUT2D eigenvalue weighted by molar-refractivity contribution is 0.509. The zero-order valence-electron chi connectivity index (χ0n) is 10.6. The minimum atomic E-state index is -0.899. The predicted molar refractivity (Wildman–Crippen MR) is 76.3 cm³/mol. The quantitative estimate of drug-likeness (QED) is 0.782. The van der Waals surface area contributed by atoms with Crippen molar-refractivity contribution in [1.82, 2.24) is 9.78 Å². The molecule has 1 aromatic carbocycles. The van der Waals surface area contributed by atoms with Crippen LogP contribution in [-0.4, -0.2) is 9.78 Å². The van der Waals surface area contributed by atoms with Gasteiger partial charge in [0.05, 0.1) is 5.56 Å². The smallest absolute Gasteiger partial charge is 0.159 e. The number of nitrogens with two attached hydrogens (primary N) is 1. The van der Waals surface area contributed by atoms with Gasteiger partial charge in [0, 0.05) is 17.5 Å². The normalized spacial score (nSPS) is 10.9. The van der Waals surface area contributed by atoms with Gasteiger partial charge in [0.1, 0.15) is 11.5 Å². The minimum absolute atomic E-state index is 0.493. The molecule has 6 heteroatoms. The molecule has 0 saturated carbocycles. The Labute approximate surface area is 118 Å². The maximum atomic E-state index is 13.4. The number of benzene rings is 1. The Bertz CT molecular complexity index is 763. The first-order valence-electron chi connectivity index (χ1n) is 5.89. The average molecular weight is 291 g/mol. The van der Waals surface area contributed by atoms with Crippen molar-refractivity contribution in [3.8, 4) is 21.7 Å². The molecule has 3 nitrogen and oxygen atoms in total. The molecule has 0 spiro atoms. The predicted octanol–water partition coefficient (Wildman–Crippen LogP) is 3.68. The van der Waals surface area contributed by atoms with Crippen LogP contribution in [0.1, 0.15) is 0 Å². The van der Waals surface area contributed by atoms with Crippen LogP contribution < -0.4 is 5.73 Å². The molecule has 20 heavy (non-hydrogen) atoms. The van der Waals surface area contributed by atoms with E-state index in [1.165, 1.54) is 22.1 Å². The Morgan fingerprint density at radius 1 is 1.20 bits per heavy atom. The maximum Gasteiger partial charge on any atom is 0.159 e. The molecule has 0 aliphatic heterocycles. The molecule has 102 valence electrons. The van der Waals surface area contributed by atoms with Crippen LogP contribution in [0.2, 0.25) is 0 Å². The van der Waals surface area contributed by atoms with Crippen molar-refractivity contribution in [3.63, 3.8) is 0 Å². The van der Waals surface area contributed by atoms with E-state index in [9.17, 15) is 8.78 Å². The van der Waals surface area contributed by atoms with Crippen molar-refractivity contribution in [2.24, 2.45) is 7.05 Å². The van der Waals surface area contributed by atoms with E-state index in [2.05, 4.69) is 5.10 Å². The molecule has 0 aliphatic rings. The summed E-state index contributed by atoms with van der Waals surface area (Å²) in [4.78, 5) is 0.940. The number of rotatable bonds is 2. The van der Waals surface area contributed by atoms with Crippen LogP contribution in [0.25, 0.3) is 21.7 Å². The summed E-state index contributed by atoms with van der Waals surface area (Å²) in [7, 11) is 1.72. The number of anilines is 1. The fraction of sp³-hybridized carbons (Fsp3) is 0.0714. The largest absolute Gasteiger partial charge is 0.383 e. The van der Waals surface area contributed by atoms with Gasteiger partial charge in [0.25, 0.3) is 0 Å². The van der Waals surface area contributed by atoms with Gasteiger partial charge in [0.2, 0.25) is 0 Å². The van der Waals surface area contributed by atoms with Gasteiger partial charge in [-0.05, 0) is 29.6 Å². The summed E-state index contributed by atoms with van der Waals surface area (Å²) in [5, 5.41) is 6.24. The molecule has 0 fully saturated rings. The number of hydrogen-bond donors (Lipinski definition) is 1. The summed E-state index contributed by atoms with van der Waals surface area (Å²) in [5.74, 6) is -1.29. The Kier molecular flexibility index (Phi) is 3.02. The molecule has 0 bridgehead atoms. The van der Waals surface area contributed by atoms with Gasteiger partial charge in [-0.2, -0.15) is 5.10 Å². The minimum Gasteiger partial charge on any atom is -0.383 e. The lowest BCUT2D eigenvalue weighted by Gasteiger charge is -2.02. The highest BCUT2D eigenvalue weighted by atomic mass is 32.1. The Morgan fingerprint density at radius 2 is 2.00 bits per heavy atom. The van der Waals surface area contributed by atoms with Gasteiger partial charge in [-0.25, -0.2) is 8.78 Å². The summed E-state index contributed by atoms with van der Waals surface area (Å²) < 4.78 is 28.0. The molecule has 0 amide bonds. The second-order valence-electron chi connectivity index (χ2n) is 4.34. The molecule has 0 aliphatic carbocycles. The fourth-order valence-corrected chi connectivity index (χ4v) is 2.83. The Morgan fingerprint density at radius 3 is 2.65 bits per heavy atom. The second-order valence-corrected chi connectivity index (χ2v) is 5.29. The summed E-state index contributed by atoms with van der Waals surface area (Å²) in [5.41, 5.74) is 7.83. The van der Waals surface area contributed by atoms with Gasteiger partial charge in [-0.1, -0.05) is 6.07 Å². The third kappa shape index (κ3) is 1.98. The number of hydrogen-bond acceptors (Lipinski definition) is 3. The summed E-state index contributed by atoms with van der Waals surface area (Å²) in [6.07, 6.45) is 0. The van der Waals surface area contributed by atoms with Crippen LogP contribution in [-0.2, 0) is 7.05 Å². The van der Waals surface area contributed by atoms with Gasteiger partial charge < -0.3 is 5.73 Å². The third-order valence-electron chi connectivity index (χ3n) is 3.05. The van der Waals surface area contributed by atoms with Crippen molar-refractivity contribution < 1.29 is 8.78 Å². The van der Waals surface area contributed by atoms with Crippen molar-refractivity contribution in [3.05, 3.63) is 47.3 Å². The van der Waals surface area contributed by atoms with Gasteiger partial charge in [-0.3, -0.25) is 4.68 Å².